The van der Waals surface area contributed by atoms with Crippen LogP contribution >= 0.6 is 0 Å². The lowest BCUT2D eigenvalue weighted by Crippen LogP contribution is -2.43. The second-order valence-electron chi connectivity index (χ2n) is 7.13. The summed E-state index contributed by atoms with van der Waals surface area (Å²) in [6.07, 6.45) is 0. The van der Waals surface area contributed by atoms with Crippen LogP contribution in [-0.4, -0.2) is 41.9 Å². The number of urea groups is 1. The molecule has 146 valence electrons. The number of amides is 4. The van der Waals surface area contributed by atoms with E-state index in [9.17, 15) is 14.4 Å². The minimum Gasteiger partial charge on any atom is -0.497 e. The van der Waals surface area contributed by atoms with E-state index in [1.807, 2.05) is 54.6 Å². The van der Waals surface area contributed by atoms with E-state index in [2.05, 4.69) is 10.6 Å². The van der Waals surface area contributed by atoms with E-state index in [-0.39, 0.29) is 6.54 Å². The number of nitrogens with one attached hydrogen (secondary N) is 2. The number of hydrogen-bond acceptors (Lipinski definition) is 4. The Morgan fingerprint density at radius 3 is 2.21 bits per heavy atom. The molecule has 7 nitrogen and oxygen atoms in total. The van der Waals surface area contributed by atoms with Crippen molar-refractivity contribution in [2.24, 2.45) is 0 Å². The van der Waals surface area contributed by atoms with Gasteiger partial charge in [0.15, 0.2) is 0 Å². The predicted octanol–water partition coefficient (Wildman–Crippen LogP) is 2.23. The minimum atomic E-state index is -1.01. The van der Waals surface area contributed by atoms with Gasteiger partial charge < -0.3 is 15.4 Å². The highest BCUT2D eigenvalue weighted by molar-refractivity contribution is 6.08. The van der Waals surface area contributed by atoms with Gasteiger partial charge >= 0.3 is 6.03 Å². The monoisotopic (exact) mass is 381 g/mol. The molecular formula is C21H23N3O4. The predicted molar refractivity (Wildman–Crippen MR) is 104 cm³/mol. The van der Waals surface area contributed by atoms with Crippen LogP contribution in [0.3, 0.4) is 0 Å². The van der Waals surface area contributed by atoms with E-state index in [4.69, 9.17) is 4.74 Å². The van der Waals surface area contributed by atoms with Gasteiger partial charge in [-0.25, -0.2) is 4.79 Å². The molecular weight excluding hydrogens is 358 g/mol. The quantitative estimate of drug-likeness (QED) is 0.751. The van der Waals surface area contributed by atoms with Gasteiger partial charge in [-0.3, -0.25) is 14.5 Å². The van der Waals surface area contributed by atoms with Gasteiger partial charge in [0.1, 0.15) is 17.8 Å². The average molecular weight is 381 g/mol. The summed E-state index contributed by atoms with van der Waals surface area (Å²) in [7, 11) is 1.59. The highest BCUT2D eigenvalue weighted by Crippen LogP contribution is 2.24. The Morgan fingerprint density at radius 2 is 1.68 bits per heavy atom. The molecule has 2 aromatic rings. The van der Waals surface area contributed by atoms with Crippen LogP contribution in [0.2, 0.25) is 0 Å². The normalized spacial score (nSPS) is 16.5. The van der Waals surface area contributed by atoms with E-state index < -0.39 is 29.4 Å². The highest BCUT2D eigenvalue weighted by Gasteiger charge is 2.45. The zero-order valence-electron chi connectivity index (χ0n) is 16.1. The lowest BCUT2D eigenvalue weighted by molar-refractivity contribution is -0.134. The molecule has 3 rings (SSSR count). The summed E-state index contributed by atoms with van der Waals surface area (Å²) in [5.41, 5.74) is 0.739. The van der Waals surface area contributed by atoms with Gasteiger partial charge in [0.05, 0.1) is 13.2 Å². The summed E-state index contributed by atoms with van der Waals surface area (Å²) < 4.78 is 5.19. The molecule has 7 heteroatoms. The van der Waals surface area contributed by atoms with Gasteiger partial charge in [0.2, 0.25) is 5.91 Å². The Hall–Kier alpha value is -3.35. The van der Waals surface area contributed by atoms with Crippen molar-refractivity contribution in [3.63, 3.8) is 0 Å². The van der Waals surface area contributed by atoms with E-state index in [0.29, 0.717) is 5.75 Å². The first-order valence-electron chi connectivity index (χ1n) is 8.94. The smallest absolute Gasteiger partial charge is 0.325 e. The molecule has 28 heavy (non-hydrogen) atoms. The molecule has 0 bridgehead atoms. The van der Waals surface area contributed by atoms with Gasteiger partial charge in [-0.15, -0.1) is 0 Å². The molecule has 1 fully saturated rings. The van der Waals surface area contributed by atoms with Crippen LogP contribution in [0.25, 0.3) is 0 Å². The maximum atomic E-state index is 12.7. The third-order valence-corrected chi connectivity index (χ3v) is 4.63. The number of carbonyl (C=O) groups is 3. The third kappa shape index (κ3) is 3.98. The van der Waals surface area contributed by atoms with Crippen LogP contribution in [0.5, 0.6) is 5.75 Å². The van der Waals surface area contributed by atoms with Crippen LogP contribution in [-0.2, 0) is 9.59 Å². The third-order valence-electron chi connectivity index (χ3n) is 4.63. The van der Waals surface area contributed by atoms with Crippen LogP contribution in [0.15, 0.2) is 54.6 Å². The van der Waals surface area contributed by atoms with Gasteiger partial charge in [-0.1, -0.05) is 42.5 Å². The van der Waals surface area contributed by atoms with Gasteiger partial charge in [-0.2, -0.15) is 0 Å². The molecule has 0 radical (unpaired) electrons. The number of nitrogens with zero attached hydrogens (tertiary/aromatic N) is 1. The fraction of sp³-hybridized carbons (Fsp3) is 0.286. The number of carbonyl (C=O) groups excluding carboxylic acids is 3. The summed E-state index contributed by atoms with van der Waals surface area (Å²) in [6.45, 7) is 2.87. The zero-order valence-corrected chi connectivity index (χ0v) is 16.1. The molecule has 2 N–H and O–H groups in total. The van der Waals surface area contributed by atoms with Gasteiger partial charge in [0, 0.05) is 0 Å². The molecule has 0 aromatic heterocycles. The standard InChI is InChI=1S/C21H23N3O4/c1-21(2)19(26)24(20(27)23-21)13-17(25)22-18(14-7-5-4-6-8-14)15-9-11-16(28-3)12-10-15/h4-12,18H,13H2,1-3H3,(H,22,25)(H,23,27). The molecule has 1 heterocycles. The van der Waals surface area contributed by atoms with Crippen LogP contribution in [0.4, 0.5) is 4.79 Å². The summed E-state index contributed by atoms with van der Waals surface area (Å²) >= 11 is 0. The SMILES string of the molecule is COc1ccc(C(NC(=O)CN2C(=O)NC(C)(C)C2=O)c2ccccc2)cc1. The van der Waals surface area contributed by atoms with Crippen molar-refractivity contribution in [1.82, 2.24) is 15.5 Å². The summed E-state index contributed by atoms with van der Waals surface area (Å²) in [5.74, 6) is -0.136. The lowest BCUT2D eigenvalue weighted by Gasteiger charge is -2.22. The number of methoxy groups -OCH3 is 1. The van der Waals surface area contributed by atoms with Crippen molar-refractivity contribution in [2.45, 2.75) is 25.4 Å². The Bertz CT molecular complexity index is 878. The van der Waals surface area contributed by atoms with Crippen molar-refractivity contribution in [3.05, 3.63) is 65.7 Å². The Balaban J connectivity index is 1.80. The first kappa shape index (κ1) is 19.4. The van der Waals surface area contributed by atoms with Crippen LogP contribution < -0.4 is 15.4 Å². The number of rotatable bonds is 6. The van der Waals surface area contributed by atoms with Crippen molar-refractivity contribution < 1.29 is 19.1 Å². The largest absolute Gasteiger partial charge is 0.497 e. The Labute approximate surface area is 163 Å². The summed E-state index contributed by atoms with van der Waals surface area (Å²) in [6, 6.07) is 15.9. The Morgan fingerprint density at radius 1 is 1.07 bits per heavy atom. The molecule has 2 aromatic carbocycles. The van der Waals surface area contributed by atoms with Crippen LogP contribution in [0.1, 0.15) is 31.0 Å². The molecule has 1 unspecified atom stereocenters. The summed E-state index contributed by atoms with van der Waals surface area (Å²) in [4.78, 5) is 38.0. The number of benzene rings is 2. The maximum Gasteiger partial charge on any atom is 0.325 e. The summed E-state index contributed by atoms with van der Waals surface area (Å²) in [5, 5.41) is 5.50. The number of imide groups is 1. The fourth-order valence-electron chi connectivity index (χ4n) is 3.11. The zero-order chi connectivity index (χ0) is 20.3. The highest BCUT2D eigenvalue weighted by atomic mass is 16.5. The number of ether oxygens (including phenoxy) is 1. The molecule has 0 spiro atoms. The molecule has 4 amide bonds. The van der Waals surface area contributed by atoms with Crippen LogP contribution in [0, 0.1) is 0 Å². The van der Waals surface area contributed by atoms with Gasteiger partial charge in [-0.05, 0) is 37.1 Å². The minimum absolute atomic E-state index is 0.340. The molecule has 1 atom stereocenters. The van der Waals surface area contributed by atoms with Crippen molar-refractivity contribution >= 4 is 17.8 Å². The van der Waals surface area contributed by atoms with E-state index in [0.717, 1.165) is 16.0 Å². The fourth-order valence-corrected chi connectivity index (χ4v) is 3.11. The second-order valence-corrected chi connectivity index (χ2v) is 7.13. The Kier molecular flexibility index (Phi) is 5.35. The number of hydrogen-bond donors (Lipinski definition) is 2. The first-order chi connectivity index (χ1) is 13.3. The molecule has 0 saturated carbocycles. The average Bonchev–Trinajstić information content (AvgIpc) is 2.88. The molecule has 1 saturated heterocycles. The van der Waals surface area contributed by atoms with E-state index in [1.165, 1.54) is 0 Å². The molecule has 0 aliphatic carbocycles. The molecule has 1 aliphatic rings. The van der Waals surface area contributed by atoms with Gasteiger partial charge in [0.25, 0.3) is 5.91 Å². The van der Waals surface area contributed by atoms with Crippen molar-refractivity contribution in [3.8, 4) is 5.75 Å². The second kappa shape index (κ2) is 7.72. The molecule has 1 aliphatic heterocycles. The maximum absolute atomic E-state index is 12.7. The lowest BCUT2D eigenvalue weighted by atomic mass is 9.98. The van der Waals surface area contributed by atoms with E-state index in [1.54, 1.807) is 21.0 Å². The van der Waals surface area contributed by atoms with E-state index >= 15 is 0 Å². The topological polar surface area (TPSA) is 87.7 Å². The van der Waals surface area contributed by atoms with Crippen molar-refractivity contribution in [1.29, 1.82) is 0 Å². The van der Waals surface area contributed by atoms with Crippen molar-refractivity contribution in [2.75, 3.05) is 13.7 Å². The first-order valence-corrected chi connectivity index (χ1v) is 8.94.